The molecule has 6 nitrogen and oxygen atoms in total. The van der Waals surface area contributed by atoms with Crippen molar-refractivity contribution >= 4 is 22.9 Å². The molecule has 2 heterocycles. The summed E-state index contributed by atoms with van der Waals surface area (Å²) >= 11 is 0. The van der Waals surface area contributed by atoms with E-state index in [2.05, 4.69) is 19.9 Å². The molecule has 0 fully saturated rings. The molecule has 0 saturated heterocycles. The second-order valence-electron chi connectivity index (χ2n) is 2.85. The fourth-order valence-corrected chi connectivity index (χ4v) is 1.15. The molecule has 0 aliphatic heterocycles. The monoisotopic (exact) mass is 220 g/mol. The average molecular weight is 220 g/mol. The van der Waals surface area contributed by atoms with Gasteiger partial charge in [0.05, 0.1) is 11.9 Å². The first-order valence-electron chi connectivity index (χ1n) is 5.25. The summed E-state index contributed by atoms with van der Waals surface area (Å²) in [5.41, 5.74) is 12.9. The third-order valence-corrected chi connectivity index (χ3v) is 1.86. The van der Waals surface area contributed by atoms with Gasteiger partial charge in [-0.25, -0.2) is 9.97 Å². The summed E-state index contributed by atoms with van der Waals surface area (Å²) in [6.45, 7) is 5.99. The average Bonchev–Trinajstić information content (AvgIpc) is 2.31. The number of nitrogens with two attached hydrogens (primary N) is 2. The Kier molecular flexibility index (Phi) is 3.93. The van der Waals surface area contributed by atoms with Crippen molar-refractivity contribution in [1.29, 1.82) is 0 Å². The Morgan fingerprint density at radius 3 is 2.44 bits per heavy atom. The molecule has 2 rings (SSSR count). The van der Waals surface area contributed by atoms with Gasteiger partial charge in [0.2, 0.25) is 5.95 Å². The van der Waals surface area contributed by atoms with E-state index in [4.69, 9.17) is 11.5 Å². The highest BCUT2D eigenvalue weighted by atomic mass is 15.1. The normalized spacial score (nSPS) is 9.69. The molecule has 0 atom stereocenters. The maximum absolute atomic E-state index is 5.65. The van der Waals surface area contributed by atoms with Crippen LogP contribution < -0.4 is 11.5 Å². The summed E-state index contributed by atoms with van der Waals surface area (Å²) in [7, 11) is 0. The molecule has 2 aromatic rings. The van der Waals surface area contributed by atoms with E-state index in [-0.39, 0.29) is 11.8 Å². The summed E-state index contributed by atoms with van der Waals surface area (Å²) in [4.78, 5) is 16.1. The van der Waals surface area contributed by atoms with E-state index in [0.29, 0.717) is 11.2 Å². The van der Waals surface area contributed by atoms with Crippen LogP contribution in [0.25, 0.3) is 11.2 Å². The van der Waals surface area contributed by atoms with Crippen LogP contribution in [0.15, 0.2) is 6.20 Å². The number of hydrogen-bond donors (Lipinski definition) is 2. The molecule has 0 aromatic carbocycles. The molecule has 2 aromatic heterocycles. The maximum Gasteiger partial charge on any atom is 0.224 e. The van der Waals surface area contributed by atoms with Gasteiger partial charge in [0, 0.05) is 0 Å². The lowest BCUT2D eigenvalue weighted by atomic mass is 10.3. The van der Waals surface area contributed by atoms with Gasteiger partial charge in [-0.05, 0) is 6.42 Å². The van der Waals surface area contributed by atoms with Crippen LogP contribution in [0.2, 0.25) is 0 Å². The topological polar surface area (TPSA) is 104 Å². The first kappa shape index (κ1) is 12.1. The number of hydrogen-bond acceptors (Lipinski definition) is 6. The van der Waals surface area contributed by atoms with Crippen molar-refractivity contribution in [1.82, 2.24) is 19.9 Å². The van der Waals surface area contributed by atoms with Gasteiger partial charge in [-0.2, -0.15) is 9.97 Å². The van der Waals surface area contributed by atoms with Gasteiger partial charge in [-0.3, -0.25) is 0 Å². The van der Waals surface area contributed by atoms with E-state index in [0.717, 1.165) is 12.1 Å². The molecular weight excluding hydrogens is 204 g/mol. The van der Waals surface area contributed by atoms with Crippen LogP contribution in [0.5, 0.6) is 0 Å². The molecule has 86 valence electrons. The first-order valence-corrected chi connectivity index (χ1v) is 5.25. The van der Waals surface area contributed by atoms with Gasteiger partial charge in [-0.15, -0.1) is 0 Å². The molecule has 16 heavy (non-hydrogen) atoms. The van der Waals surface area contributed by atoms with Gasteiger partial charge in [-0.1, -0.05) is 20.8 Å². The van der Waals surface area contributed by atoms with Crippen LogP contribution in [-0.4, -0.2) is 19.9 Å². The van der Waals surface area contributed by atoms with Gasteiger partial charge in [0.15, 0.2) is 17.0 Å². The largest absolute Gasteiger partial charge is 0.382 e. The minimum absolute atomic E-state index is 0.119. The number of fused-ring (bicyclic) bond motifs is 1. The lowest BCUT2D eigenvalue weighted by Gasteiger charge is -2.01. The summed E-state index contributed by atoms with van der Waals surface area (Å²) in [5.74, 6) is 0.392. The third-order valence-electron chi connectivity index (χ3n) is 1.86. The van der Waals surface area contributed by atoms with Gasteiger partial charge in [0.1, 0.15) is 0 Å². The minimum atomic E-state index is 0.119. The molecule has 0 spiro atoms. The fraction of sp³-hybridized carbons (Fsp3) is 0.400. The quantitative estimate of drug-likeness (QED) is 0.747. The Morgan fingerprint density at radius 1 is 1.12 bits per heavy atom. The zero-order valence-electron chi connectivity index (χ0n) is 9.73. The van der Waals surface area contributed by atoms with Crippen molar-refractivity contribution < 1.29 is 0 Å². The zero-order chi connectivity index (χ0) is 12.1. The summed E-state index contributed by atoms with van der Waals surface area (Å²) in [6, 6.07) is 0. The number of aryl methyl sites for hydroxylation is 1. The highest BCUT2D eigenvalue weighted by Gasteiger charge is 2.06. The SMILES string of the molecule is CC.CCc1cnc2nc(N)nc(N)c2n1. The summed E-state index contributed by atoms with van der Waals surface area (Å²) < 4.78 is 0. The fourth-order valence-electron chi connectivity index (χ4n) is 1.15. The minimum Gasteiger partial charge on any atom is -0.382 e. The summed E-state index contributed by atoms with van der Waals surface area (Å²) in [5, 5.41) is 0. The van der Waals surface area contributed by atoms with E-state index in [1.165, 1.54) is 0 Å². The van der Waals surface area contributed by atoms with Crippen molar-refractivity contribution in [2.24, 2.45) is 0 Å². The van der Waals surface area contributed by atoms with Crippen LogP contribution in [0.3, 0.4) is 0 Å². The van der Waals surface area contributed by atoms with E-state index >= 15 is 0 Å². The lowest BCUT2D eigenvalue weighted by molar-refractivity contribution is 1.02. The molecule has 0 aliphatic rings. The smallest absolute Gasteiger partial charge is 0.224 e. The molecule has 0 unspecified atom stereocenters. The van der Waals surface area contributed by atoms with E-state index in [9.17, 15) is 0 Å². The van der Waals surface area contributed by atoms with Gasteiger partial charge < -0.3 is 11.5 Å². The van der Waals surface area contributed by atoms with Crippen molar-refractivity contribution in [3.63, 3.8) is 0 Å². The number of nitrogens with zero attached hydrogens (tertiary/aromatic N) is 4. The van der Waals surface area contributed by atoms with Crippen LogP contribution in [0, 0.1) is 0 Å². The summed E-state index contributed by atoms with van der Waals surface area (Å²) in [6.07, 6.45) is 2.46. The predicted octanol–water partition coefficient (Wildman–Crippen LogP) is 1.17. The second kappa shape index (κ2) is 5.20. The predicted molar refractivity (Wildman–Crippen MR) is 64.7 cm³/mol. The number of anilines is 2. The molecule has 0 amide bonds. The zero-order valence-corrected chi connectivity index (χ0v) is 9.73. The highest BCUT2D eigenvalue weighted by Crippen LogP contribution is 2.14. The van der Waals surface area contributed by atoms with Crippen molar-refractivity contribution in [3.8, 4) is 0 Å². The van der Waals surface area contributed by atoms with Gasteiger partial charge in [0.25, 0.3) is 0 Å². The van der Waals surface area contributed by atoms with Crippen LogP contribution in [0.1, 0.15) is 26.5 Å². The molecule has 4 N–H and O–H groups in total. The molecule has 0 saturated carbocycles. The van der Waals surface area contributed by atoms with E-state index in [1.807, 2.05) is 20.8 Å². The molecule has 6 heteroatoms. The maximum atomic E-state index is 5.65. The first-order chi connectivity index (χ1) is 7.70. The van der Waals surface area contributed by atoms with Crippen molar-refractivity contribution in [2.45, 2.75) is 27.2 Å². The Morgan fingerprint density at radius 2 is 1.81 bits per heavy atom. The molecule has 0 aliphatic carbocycles. The van der Waals surface area contributed by atoms with Crippen LogP contribution in [-0.2, 0) is 6.42 Å². The van der Waals surface area contributed by atoms with Crippen molar-refractivity contribution in [3.05, 3.63) is 11.9 Å². The Hall–Kier alpha value is -1.98. The Bertz CT molecular complexity index is 482. The van der Waals surface area contributed by atoms with E-state index < -0.39 is 0 Å². The van der Waals surface area contributed by atoms with E-state index in [1.54, 1.807) is 6.20 Å². The standard InChI is InChI=1S/C8H10N6.C2H6/c1-2-4-3-11-7-5(12-4)6(9)13-8(10)14-7;1-2/h3H,2H2,1H3,(H4,9,10,11,13,14);1-2H3. The van der Waals surface area contributed by atoms with Crippen LogP contribution >= 0.6 is 0 Å². The number of nitrogen functional groups attached to an aromatic ring is 2. The Balaban J connectivity index is 0.000000606. The van der Waals surface area contributed by atoms with Crippen molar-refractivity contribution in [2.75, 3.05) is 11.5 Å². The third kappa shape index (κ3) is 2.33. The Labute approximate surface area is 94.1 Å². The molecule has 0 radical (unpaired) electrons. The number of rotatable bonds is 1. The molecular formula is C10H16N6. The highest BCUT2D eigenvalue weighted by molar-refractivity contribution is 5.81. The lowest BCUT2D eigenvalue weighted by Crippen LogP contribution is -2.04. The van der Waals surface area contributed by atoms with Crippen LogP contribution in [0.4, 0.5) is 11.8 Å². The molecule has 0 bridgehead atoms. The second-order valence-corrected chi connectivity index (χ2v) is 2.85. The number of aromatic nitrogens is 4. The van der Waals surface area contributed by atoms with Gasteiger partial charge >= 0.3 is 0 Å².